The second-order valence-corrected chi connectivity index (χ2v) is 6.28. The highest BCUT2D eigenvalue weighted by Crippen LogP contribution is 2.30. The van der Waals surface area contributed by atoms with Gasteiger partial charge in [-0.3, -0.25) is 4.79 Å². The first kappa shape index (κ1) is 14.8. The number of piperidine rings is 1. The molecular weight excluding hydrogens is 304 g/mol. The van der Waals surface area contributed by atoms with Crippen LogP contribution in [0.1, 0.15) is 50.6 Å². The van der Waals surface area contributed by atoms with Crippen molar-refractivity contribution in [1.82, 2.24) is 9.88 Å². The van der Waals surface area contributed by atoms with Crippen molar-refractivity contribution in [1.29, 1.82) is 0 Å². The number of carboxylic acids is 1. The number of rotatable bonds is 3. The molecule has 0 saturated carbocycles. The molecule has 1 unspecified atom stereocenters. The summed E-state index contributed by atoms with van der Waals surface area (Å²) >= 11 is 1.62. The molecule has 1 amide bonds. The molecule has 0 aliphatic carbocycles. The van der Waals surface area contributed by atoms with Crippen LogP contribution in [0.2, 0.25) is 0 Å². The van der Waals surface area contributed by atoms with E-state index < -0.39 is 5.97 Å². The van der Waals surface area contributed by atoms with Gasteiger partial charge in [-0.05, 0) is 31.9 Å². The maximum Gasteiger partial charge on any atom is 0.371 e. The van der Waals surface area contributed by atoms with Crippen LogP contribution in [-0.2, 0) is 0 Å². The monoisotopic (exact) mass is 320 g/mol. The van der Waals surface area contributed by atoms with E-state index in [2.05, 4.69) is 4.98 Å². The predicted molar refractivity (Wildman–Crippen MR) is 80.4 cm³/mol. The summed E-state index contributed by atoms with van der Waals surface area (Å²) in [6.07, 6.45) is 1.91. The molecule has 7 heteroatoms. The standard InChI is InChI=1S/C15H16N2O4S/c1-9-8-22-13(16-9)10-3-2-6-17(7-10)14(18)11-4-5-12(21-11)15(19)20/h4-5,8,10H,2-3,6-7H2,1H3,(H,19,20). The summed E-state index contributed by atoms with van der Waals surface area (Å²) in [6, 6.07) is 2.73. The van der Waals surface area contributed by atoms with E-state index in [4.69, 9.17) is 9.52 Å². The third-order valence-electron chi connectivity index (χ3n) is 3.72. The Kier molecular flexibility index (Phi) is 3.98. The van der Waals surface area contributed by atoms with Crippen molar-refractivity contribution < 1.29 is 19.1 Å². The normalized spacial score (nSPS) is 18.4. The molecule has 0 radical (unpaired) electrons. The van der Waals surface area contributed by atoms with Crippen LogP contribution in [-0.4, -0.2) is 40.0 Å². The minimum atomic E-state index is -1.17. The molecule has 2 aromatic rings. The summed E-state index contributed by atoms with van der Waals surface area (Å²) in [5, 5.41) is 11.9. The minimum absolute atomic E-state index is 0.0772. The lowest BCUT2D eigenvalue weighted by atomic mass is 9.98. The van der Waals surface area contributed by atoms with Crippen molar-refractivity contribution in [3.63, 3.8) is 0 Å². The van der Waals surface area contributed by atoms with Crippen molar-refractivity contribution in [2.45, 2.75) is 25.7 Å². The van der Waals surface area contributed by atoms with Gasteiger partial charge in [-0.15, -0.1) is 11.3 Å². The lowest BCUT2D eigenvalue weighted by Crippen LogP contribution is -2.39. The van der Waals surface area contributed by atoms with Gasteiger partial charge in [0, 0.05) is 30.1 Å². The first-order chi connectivity index (χ1) is 10.5. The predicted octanol–water partition coefficient (Wildman–Crippen LogP) is 2.76. The quantitative estimate of drug-likeness (QED) is 0.940. The maximum atomic E-state index is 12.4. The molecule has 1 fully saturated rings. The van der Waals surface area contributed by atoms with Crippen LogP contribution in [0.5, 0.6) is 0 Å². The van der Waals surface area contributed by atoms with Crippen LogP contribution in [0.25, 0.3) is 0 Å². The molecule has 0 spiro atoms. The van der Waals surface area contributed by atoms with Crippen molar-refractivity contribution >= 4 is 23.2 Å². The van der Waals surface area contributed by atoms with E-state index in [9.17, 15) is 9.59 Å². The van der Waals surface area contributed by atoms with Crippen molar-refractivity contribution in [2.75, 3.05) is 13.1 Å². The van der Waals surface area contributed by atoms with Crippen molar-refractivity contribution in [2.24, 2.45) is 0 Å². The Hall–Kier alpha value is -2.15. The summed E-state index contributed by atoms with van der Waals surface area (Å²) in [5.41, 5.74) is 1.00. The highest BCUT2D eigenvalue weighted by Gasteiger charge is 2.28. The Bertz CT molecular complexity index is 706. The smallest absolute Gasteiger partial charge is 0.371 e. The highest BCUT2D eigenvalue weighted by atomic mass is 32.1. The third kappa shape index (κ3) is 2.89. The number of carbonyl (C=O) groups is 2. The Morgan fingerprint density at radius 3 is 2.82 bits per heavy atom. The van der Waals surface area contributed by atoms with Gasteiger partial charge in [0.15, 0.2) is 5.76 Å². The SMILES string of the molecule is Cc1csc(C2CCCN(C(=O)c3ccc(C(=O)O)o3)C2)n1. The highest BCUT2D eigenvalue weighted by molar-refractivity contribution is 7.09. The van der Waals surface area contributed by atoms with Gasteiger partial charge in [0.05, 0.1) is 5.01 Å². The zero-order valence-corrected chi connectivity index (χ0v) is 12.9. The van der Waals surface area contributed by atoms with Gasteiger partial charge in [-0.25, -0.2) is 9.78 Å². The number of furan rings is 1. The lowest BCUT2D eigenvalue weighted by molar-refractivity contribution is 0.0636. The summed E-state index contributed by atoms with van der Waals surface area (Å²) in [6.45, 7) is 3.21. The molecule has 22 heavy (non-hydrogen) atoms. The maximum absolute atomic E-state index is 12.4. The van der Waals surface area contributed by atoms with Crippen LogP contribution in [0.15, 0.2) is 21.9 Å². The number of thiazole rings is 1. The number of aromatic carboxylic acids is 1. The number of hydrogen-bond donors (Lipinski definition) is 1. The zero-order valence-electron chi connectivity index (χ0n) is 12.1. The second kappa shape index (κ2) is 5.92. The summed E-state index contributed by atoms with van der Waals surface area (Å²) in [5.74, 6) is -1.33. The number of nitrogens with zero attached hydrogens (tertiary/aromatic N) is 2. The van der Waals surface area contributed by atoms with Gasteiger partial charge >= 0.3 is 5.97 Å². The zero-order chi connectivity index (χ0) is 15.7. The molecule has 1 saturated heterocycles. The average Bonchev–Trinajstić information content (AvgIpc) is 3.15. The molecular formula is C15H16N2O4S. The molecule has 116 valence electrons. The van der Waals surface area contributed by atoms with Gasteiger partial charge in [-0.2, -0.15) is 0 Å². The van der Waals surface area contributed by atoms with Crippen LogP contribution in [0.4, 0.5) is 0 Å². The Balaban J connectivity index is 1.73. The average molecular weight is 320 g/mol. The number of carbonyl (C=O) groups excluding carboxylic acids is 1. The van der Waals surface area contributed by atoms with Crippen LogP contribution in [0.3, 0.4) is 0 Å². The number of aryl methyl sites for hydroxylation is 1. The molecule has 0 bridgehead atoms. The van der Waals surface area contributed by atoms with E-state index in [0.717, 1.165) is 23.5 Å². The number of carboxylic acid groups (broad SMARTS) is 1. The van der Waals surface area contributed by atoms with E-state index in [-0.39, 0.29) is 23.3 Å². The van der Waals surface area contributed by atoms with E-state index in [1.807, 2.05) is 12.3 Å². The minimum Gasteiger partial charge on any atom is -0.475 e. The Morgan fingerprint density at radius 2 is 2.18 bits per heavy atom. The molecule has 1 aliphatic heterocycles. The van der Waals surface area contributed by atoms with Gasteiger partial charge in [0.25, 0.3) is 5.91 Å². The van der Waals surface area contributed by atoms with Crippen LogP contribution >= 0.6 is 11.3 Å². The molecule has 6 nitrogen and oxygen atoms in total. The molecule has 3 heterocycles. The Labute approximate surface area is 131 Å². The summed E-state index contributed by atoms with van der Waals surface area (Å²) < 4.78 is 5.10. The fourth-order valence-electron chi connectivity index (χ4n) is 2.65. The summed E-state index contributed by atoms with van der Waals surface area (Å²) in [7, 11) is 0. The lowest BCUT2D eigenvalue weighted by Gasteiger charge is -2.31. The van der Waals surface area contributed by atoms with E-state index >= 15 is 0 Å². The molecule has 1 atom stereocenters. The molecule has 1 N–H and O–H groups in total. The van der Waals surface area contributed by atoms with Gasteiger partial charge in [-0.1, -0.05) is 0 Å². The topological polar surface area (TPSA) is 83.6 Å². The fourth-order valence-corrected chi connectivity index (χ4v) is 3.57. The molecule has 3 rings (SSSR count). The van der Waals surface area contributed by atoms with Crippen LogP contribution < -0.4 is 0 Å². The van der Waals surface area contributed by atoms with Gasteiger partial charge in [0.1, 0.15) is 0 Å². The van der Waals surface area contributed by atoms with E-state index in [1.165, 1.54) is 12.1 Å². The molecule has 0 aromatic carbocycles. The largest absolute Gasteiger partial charge is 0.475 e. The number of likely N-dealkylation sites (tertiary alicyclic amines) is 1. The van der Waals surface area contributed by atoms with Crippen LogP contribution in [0, 0.1) is 6.92 Å². The van der Waals surface area contributed by atoms with E-state index in [0.29, 0.717) is 13.1 Å². The Morgan fingerprint density at radius 1 is 1.41 bits per heavy atom. The van der Waals surface area contributed by atoms with Gasteiger partial charge in [0.2, 0.25) is 5.76 Å². The third-order valence-corrected chi connectivity index (χ3v) is 4.85. The molecule has 2 aromatic heterocycles. The molecule has 1 aliphatic rings. The number of amides is 1. The second-order valence-electron chi connectivity index (χ2n) is 5.39. The number of hydrogen-bond acceptors (Lipinski definition) is 5. The fraction of sp³-hybridized carbons (Fsp3) is 0.400. The van der Waals surface area contributed by atoms with Gasteiger partial charge < -0.3 is 14.4 Å². The van der Waals surface area contributed by atoms with Crippen molar-refractivity contribution in [3.8, 4) is 0 Å². The number of aromatic nitrogens is 1. The van der Waals surface area contributed by atoms with Crippen molar-refractivity contribution in [3.05, 3.63) is 39.7 Å². The van der Waals surface area contributed by atoms with E-state index in [1.54, 1.807) is 16.2 Å². The first-order valence-electron chi connectivity index (χ1n) is 7.09. The summed E-state index contributed by atoms with van der Waals surface area (Å²) in [4.78, 5) is 29.5. The first-order valence-corrected chi connectivity index (χ1v) is 7.97.